The fourth-order valence-corrected chi connectivity index (χ4v) is 2.95. The number of carbonyl (C=O) groups is 1. The summed E-state index contributed by atoms with van der Waals surface area (Å²) < 4.78 is 30.7. The number of hydrogen-bond acceptors (Lipinski definition) is 5. The van der Waals surface area contributed by atoms with Gasteiger partial charge in [-0.3, -0.25) is 4.79 Å². The zero-order chi connectivity index (χ0) is 16.8. The minimum atomic E-state index is -3.55. The van der Waals surface area contributed by atoms with Crippen LogP contribution < -0.4 is 11.1 Å². The quantitative estimate of drug-likeness (QED) is 0.694. The Hall–Kier alpha value is -1.48. The van der Waals surface area contributed by atoms with E-state index < -0.39 is 10.0 Å². The number of nitrogens with zero attached hydrogens (tertiary/aromatic N) is 1. The average molecular weight is 329 g/mol. The summed E-state index contributed by atoms with van der Waals surface area (Å²) in [6.07, 6.45) is -0.212. The van der Waals surface area contributed by atoms with E-state index in [9.17, 15) is 13.2 Å². The van der Waals surface area contributed by atoms with Gasteiger partial charge >= 0.3 is 0 Å². The molecule has 124 valence electrons. The number of carbonyl (C=O) groups excluding carboxylic acids is 1. The number of amides is 1. The molecule has 0 bridgehead atoms. The summed E-state index contributed by atoms with van der Waals surface area (Å²) >= 11 is 0. The summed E-state index contributed by atoms with van der Waals surface area (Å²) in [4.78, 5) is 12.0. The normalized spacial score (nSPS) is 13.1. The number of hydrogen-bond donors (Lipinski definition) is 2. The molecule has 1 aromatic carbocycles. The Bertz CT molecular complexity index is 598. The van der Waals surface area contributed by atoms with E-state index in [1.807, 2.05) is 0 Å². The zero-order valence-corrected chi connectivity index (χ0v) is 13.9. The third-order valence-corrected chi connectivity index (χ3v) is 5.13. The number of nitrogens with two attached hydrogens (primary N) is 1. The van der Waals surface area contributed by atoms with Gasteiger partial charge in [-0.2, -0.15) is 0 Å². The maximum atomic E-state index is 12.2. The predicted octanol–water partition coefficient (Wildman–Crippen LogP) is -0.0831. The largest absolute Gasteiger partial charge is 0.380 e. The first-order valence-corrected chi connectivity index (χ1v) is 8.27. The molecule has 0 heterocycles. The van der Waals surface area contributed by atoms with Gasteiger partial charge in [0.2, 0.25) is 15.9 Å². The van der Waals surface area contributed by atoms with E-state index in [-0.39, 0.29) is 36.4 Å². The van der Waals surface area contributed by atoms with Gasteiger partial charge in [0.25, 0.3) is 0 Å². The first kappa shape index (κ1) is 18.6. The molecule has 0 fully saturated rings. The molecule has 0 aliphatic heterocycles. The second-order valence-corrected chi connectivity index (χ2v) is 7.09. The summed E-state index contributed by atoms with van der Waals surface area (Å²) in [5.74, 6) is -0.241. The Labute approximate surface area is 131 Å². The zero-order valence-electron chi connectivity index (χ0n) is 13.1. The first-order valence-electron chi connectivity index (χ1n) is 6.83. The van der Waals surface area contributed by atoms with Crippen LogP contribution in [0.1, 0.15) is 12.0 Å². The number of ether oxygens (including phenoxy) is 1. The van der Waals surface area contributed by atoms with Crippen LogP contribution in [0.3, 0.4) is 0 Å². The highest BCUT2D eigenvalue weighted by Crippen LogP contribution is 2.18. The second kappa shape index (κ2) is 8.23. The molecule has 1 atom stereocenters. The number of methoxy groups -OCH3 is 1. The van der Waals surface area contributed by atoms with Gasteiger partial charge < -0.3 is 15.8 Å². The van der Waals surface area contributed by atoms with Gasteiger partial charge in [0.1, 0.15) is 0 Å². The van der Waals surface area contributed by atoms with Gasteiger partial charge in [0, 0.05) is 34.3 Å². The van der Waals surface area contributed by atoms with Gasteiger partial charge in [-0.1, -0.05) is 18.2 Å². The molecule has 0 aromatic heterocycles. The number of sulfonamides is 1. The lowest BCUT2D eigenvalue weighted by molar-refractivity contribution is -0.123. The fraction of sp³-hybridized carbons (Fsp3) is 0.500. The minimum Gasteiger partial charge on any atom is -0.380 e. The van der Waals surface area contributed by atoms with Crippen molar-refractivity contribution in [1.82, 2.24) is 9.62 Å². The van der Waals surface area contributed by atoms with Crippen LogP contribution in [0.2, 0.25) is 0 Å². The standard InChI is InChI=1S/C14H23N3O4S/c1-17(2)22(19,20)13-7-5-4-6-11(13)10-16-14(18)8-12(9-15)21-3/h4-7,12H,8-10,15H2,1-3H3,(H,16,18). The SMILES string of the molecule is COC(CN)CC(=O)NCc1ccccc1S(=O)(=O)N(C)C. The molecular weight excluding hydrogens is 306 g/mol. The van der Waals surface area contributed by atoms with Crippen LogP contribution in [0.25, 0.3) is 0 Å². The Kier molecular flexibility index (Phi) is 6.95. The van der Waals surface area contributed by atoms with Crippen LogP contribution in [0.5, 0.6) is 0 Å². The molecule has 3 N–H and O–H groups in total. The van der Waals surface area contributed by atoms with Gasteiger partial charge in [-0.25, -0.2) is 12.7 Å². The molecule has 0 aliphatic rings. The highest BCUT2D eigenvalue weighted by atomic mass is 32.2. The van der Waals surface area contributed by atoms with Crippen LogP contribution in [-0.2, 0) is 26.1 Å². The maximum absolute atomic E-state index is 12.2. The monoisotopic (exact) mass is 329 g/mol. The Morgan fingerprint density at radius 1 is 1.36 bits per heavy atom. The molecule has 8 heteroatoms. The van der Waals surface area contributed by atoms with E-state index in [4.69, 9.17) is 10.5 Å². The van der Waals surface area contributed by atoms with Crippen LogP contribution >= 0.6 is 0 Å². The minimum absolute atomic E-state index is 0.128. The number of nitrogens with one attached hydrogen (secondary N) is 1. The molecule has 0 saturated heterocycles. The molecule has 22 heavy (non-hydrogen) atoms. The van der Waals surface area contributed by atoms with Gasteiger partial charge in [0.15, 0.2) is 0 Å². The average Bonchev–Trinajstić information content (AvgIpc) is 2.50. The fourth-order valence-electron chi connectivity index (χ4n) is 1.83. The summed E-state index contributed by atoms with van der Waals surface area (Å²) in [7, 11) is 0.874. The molecule has 1 aromatic rings. The molecule has 0 radical (unpaired) electrons. The lowest BCUT2D eigenvalue weighted by Gasteiger charge is -2.16. The van der Waals surface area contributed by atoms with E-state index in [0.717, 1.165) is 4.31 Å². The van der Waals surface area contributed by atoms with Crippen LogP contribution in [0.4, 0.5) is 0 Å². The Morgan fingerprint density at radius 3 is 2.55 bits per heavy atom. The van der Waals surface area contributed by atoms with E-state index >= 15 is 0 Å². The van der Waals surface area contributed by atoms with Crippen molar-refractivity contribution < 1.29 is 17.9 Å². The van der Waals surface area contributed by atoms with Crippen molar-refractivity contribution in [3.05, 3.63) is 29.8 Å². The molecule has 0 aliphatic carbocycles. The van der Waals surface area contributed by atoms with E-state index in [1.165, 1.54) is 27.3 Å². The molecule has 1 unspecified atom stereocenters. The first-order chi connectivity index (χ1) is 10.3. The summed E-state index contributed by atoms with van der Waals surface area (Å²) in [6, 6.07) is 6.58. The topological polar surface area (TPSA) is 102 Å². The summed E-state index contributed by atoms with van der Waals surface area (Å²) in [6.45, 7) is 0.374. The highest BCUT2D eigenvalue weighted by molar-refractivity contribution is 7.89. The molecule has 1 rings (SSSR count). The molecule has 0 saturated carbocycles. The summed E-state index contributed by atoms with van der Waals surface area (Å²) in [5, 5.41) is 2.69. The van der Waals surface area contributed by atoms with Crippen molar-refractivity contribution in [2.45, 2.75) is 24.0 Å². The van der Waals surface area contributed by atoms with Crippen LogP contribution in [0, 0.1) is 0 Å². The van der Waals surface area contributed by atoms with Gasteiger partial charge in [-0.05, 0) is 11.6 Å². The molecule has 1 amide bonds. The third-order valence-electron chi connectivity index (χ3n) is 3.22. The van der Waals surface area contributed by atoms with Crippen LogP contribution in [0.15, 0.2) is 29.2 Å². The molecule has 0 spiro atoms. The van der Waals surface area contributed by atoms with Gasteiger partial charge in [0.05, 0.1) is 17.4 Å². The maximum Gasteiger partial charge on any atom is 0.242 e. The van der Waals surface area contributed by atoms with E-state index in [1.54, 1.807) is 18.2 Å². The molecule has 7 nitrogen and oxygen atoms in total. The predicted molar refractivity (Wildman–Crippen MR) is 83.6 cm³/mol. The second-order valence-electron chi connectivity index (χ2n) is 4.97. The van der Waals surface area contributed by atoms with Gasteiger partial charge in [-0.15, -0.1) is 0 Å². The lowest BCUT2D eigenvalue weighted by atomic mass is 10.2. The Morgan fingerprint density at radius 2 is 2.00 bits per heavy atom. The van der Waals surface area contributed by atoms with Crippen LogP contribution in [-0.4, -0.2) is 52.5 Å². The van der Waals surface area contributed by atoms with Crippen molar-refractivity contribution in [2.75, 3.05) is 27.7 Å². The Balaban J connectivity index is 2.82. The van der Waals surface area contributed by atoms with E-state index in [2.05, 4.69) is 5.32 Å². The molecular formula is C14H23N3O4S. The van der Waals surface area contributed by atoms with Crippen molar-refractivity contribution in [3.8, 4) is 0 Å². The van der Waals surface area contributed by atoms with E-state index in [0.29, 0.717) is 5.56 Å². The smallest absolute Gasteiger partial charge is 0.242 e. The van der Waals surface area contributed by atoms with Crippen molar-refractivity contribution in [3.63, 3.8) is 0 Å². The third kappa shape index (κ3) is 4.77. The van der Waals surface area contributed by atoms with Crippen molar-refractivity contribution in [2.24, 2.45) is 5.73 Å². The number of rotatable bonds is 8. The van der Waals surface area contributed by atoms with Crippen molar-refractivity contribution >= 4 is 15.9 Å². The number of benzene rings is 1. The summed E-state index contributed by atoms with van der Waals surface area (Å²) in [5.41, 5.74) is 6.00. The van der Waals surface area contributed by atoms with Crippen molar-refractivity contribution in [1.29, 1.82) is 0 Å². The lowest BCUT2D eigenvalue weighted by Crippen LogP contribution is -2.32. The highest BCUT2D eigenvalue weighted by Gasteiger charge is 2.21.